The molecule has 0 atom stereocenters. The number of methoxy groups -OCH3 is 1. The van der Waals surface area contributed by atoms with Gasteiger partial charge < -0.3 is 19.4 Å². The van der Waals surface area contributed by atoms with Crippen molar-refractivity contribution in [2.75, 3.05) is 38.3 Å². The second-order valence-corrected chi connectivity index (χ2v) is 5.06. The van der Waals surface area contributed by atoms with Gasteiger partial charge in [-0.1, -0.05) is 13.0 Å². The fraction of sp³-hybridized carbons (Fsp3) is 0.562. The number of nitrogens with one attached hydrogen (secondary N) is 1. The number of anilines is 1. The average Bonchev–Trinajstić information content (AvgIpc) is 2.88. The van der Waals surface area contributed by atoms with Crippen molar-refractivity contribution in [1.29, 1.82) is 0 Å². The van der Waals surface area contributed by atoms with E-state index in [0.29, 0.717) is 0 Å². The quantitative estimate of drug-likeness (QED) is 0.720. The third kappa shape index (κ3) is 3.74. The van der Waals surface area contributed by atoms with Crippen LogP contribution in [0.15, 0.2) is 24.4 Å². The molecule has 5 nitrogen and oxygen atoms in total. The Balaban J connectivity index is 2.28. The SMILES string of the molecule is CCCN(CC)c1nc2ccccn2c1CNCCOC. The highest BCUT2D eigenvalue weighted by Gasteiger charge is 2.16. The summed E-state index contributed by atoms with van der Waals surface area (Å²) in [5, 5.41) is 3.43. The number of rotatable bonds is 9. The van der Waals surface area contributed by atoms with Crippen LogP contribution in [0.25, 0.3) is 5.65 Å². The van der Waals surface area contributed by atoms with Crippen molar-refractivity contribution in [2.45, 2.75) is 26.8 Å². The van der Waals surface area contributed by atoms with Crippen molar-refractivity contribution >= 4 is 11.5 Å². The van der Waals surface area contributed by atoms with Crippen LogP contribution in [0.4, 0.5) is 5.82 Å². The van der Waals surface area contributed by atoms with Crippen LogP contribution in [0.2, 0.25) is 0 Å². The maximum Gasteiger partial charge on any atom is 0.152 e. The molecule has 2 aromatic rings. The molecule has 0 bridgehead atoms. The molecule has 5 heteroatoms. The van der Waals surface area contributed by atoms with E-state index in [2.05, 4.69) is 40.7 Å². The molecule has 0 aliphatic rings. The second kappa shape index (κ2) is 8.00. The molecule has 0 aliphatic carbocycles. The van der Waals surface area contributed by atoms with Crippen molar-refractivity contribution in [2.24, 2.45) is 0 Å². The lowest BCUT2D eigenvalue weighted by atomic mass is 10.3. The number of ether oxygens (including phenoxy) is 1. The monoisotopic (exact) mass is 290 g/mol. The molecule has 0 spiro atoms. The fourth-order valence-electron chi connectivity index (χ4n) is 2.52. The molecule has 0 saturated carbocycles. The average molecular weight is 290 g/mol. The van der Waals surface area contributed by atoms with E-state index in [4.69, 9.17) is 9.72 Å². The molecule has 0 unspecified atom stereocenters. The summed E-state index contributed by atoms with van der Waals surface area (Å²) < 4.78 is 7.26. The molecule has 2 heterocycles. The van der Waals surface area contributed by atoms with Crippen molar-refractivity contribution < 1.29 is 4.74 Å². The maximum absolute atomic E-state index is 5.09. The molecule has 0 radical (unpaired) electrons. The minimum absolute atomic E-state index is 0.721. The summed E-state index contributed by atoms with van der Waals surface area (Å²) in [6, 6.07) is 6.14. The smallest absolute Gasteiger partial charge is 0.152 e. The number of nitrogens with zero attached hydrogens (tertiary/aromatic N) is 3. The number of hydrogen-bond donors (Lipinski definition) is 1. The van der Waals surface area contributed by atoms with Crippen LogP contribution in [-0.4, -0.2) is 42.7 Å². The molecule has 0 saturated heterocycles. The summed E-state index contributed by atoms with van der Waals surface area (Å²) in [6.45, 7) is 8.75. The van der Waals surface area contributed by atoms with Gasteiger partial charge in [-0.05, 0) is 25.5 Å². The van der Waals surface area contributed by atoms with E-state index < -0.39 is 0 Å². The van der Waals surface area contributed by atoms with E-state index in [1.54, 1.807) is 7.11 Å². The van der Waals surface area contributed by atoms with E-state index >= 15 is 0 Å². The van der Waals surface area contributed by atoms with E-state index in [1.165, 1.54) is 5.69 Å². The van der Waals surface area contributed by atoms with E-state index in [0.717, 1.165) is 50.7 Å². The highest BCUT2D eigenvalue weighted by molar-refractivity contribution is 5.55. The van der Waals surface area contributed by atoms with Gasteiger partial charge in [-0.2, -0.15) is 0 Å². The Morgan fingerprint density at radius 1 is 1.33 bits per heavy atom. The molecule has 2 aromatic heterocycles. The fourth-order valence-corrected chi connectivity index (χ4v) is 2.52. The van der Waals surface area contributed by atoms with Crippen LogP contribution < -0.4 is 10.2 Å². The Morgan fingerprint density at radius 2 is 2.19 bits per heavy atom. The van der Waals surface area contributed by atoms with Gasteiger partial charge in [0.05, 0.1) is 12.3 Å². The zero-order valence-corrected chi connectivity index (χ0v) is 13.3. The zero-order valence-electron chi connectivity index (χ0n) is 13.3. The number of fused-ring (bicyclic) bond motifs is 1. The van der Waals surface area contributed by atoms with Gasteiger partial charge in [-0.3, -0.25) is 0 Å². The number of pyridine rings is 1. The molecule has 1 N–H and O–H groups in total. The van der Waals surface area contributed by atoms with E-state index in [1.807, 2.05) is 12.1 Å². The second-order valence-electron chi connectivity index (χ2n) is 5.06. The van der Waals surface area contributed by atoms with Gasteiger partial charge in [0.1, 0.15) is 5.65 Å². The van der Waals surface area contributed by atoms with Gasteiger partial charge in [-0.25, -0.2) is 4.98 Å². The van der Waals surface area contributed by atoms with E-state index in [-0.39, 0.29) is 0 Å². The van der Waals surface area contributed by atoms with Gasteiger partial charge in [0, 0.05) is 39.5 Å². The normalized spacial score (nSPS) is 11.2. The van der Waals surface area contributed by atoms with Crippen LogP contribution in [0, 0.1) is 0 Å². The third-order valence-electron chi connectivity index (χ3n) is 3.56. The molecule has 2 rings (SSSR count). The number of aromatic nitrogens is 2. The highest BCUT2D eigenvalue weighted by atomic mass is 16.5. The third-order valence-corrected chi connectivity index (χ3v) is 3.56. The van der Waals surface area contributed by atoms with Gasteiger partial charge in [-0.15, -0.1) is 0 Å². The Labute approximate surface area is 126 Å². The van der Waals surface area contributed by atoms with E-state index in [9.17, 15) is 0 Å². The number of hydrogen-bond acceptors (Lipinski definition) is 4. The minimum Gasteiger partial charge on any atom is -0.383 e. The van der Waals surface area contributed by atoms with Crippen molar-refractivity contribution in [1.82, 2.24) is 14.7 Å². The molecule has 116 valence electrons. The van der Waals surface area contributed by atoms with Gasteiger partial charge >= 0.3 is 0 Å². The highest BCUT2D eigenvalue weighted by Crippen LogP contribution is 2.22. The van der Waals surface area contributed by atoms with Crippen molar-refractivity contribution in [3.05, 3.63) is 30.1 Å². The molecular weight excluding hydrogens is 264 g/mol. The molecule has 0 fully saturated rings. The Bertz CT molecular complexity index is 552. The first-order chi connectivity index (χ1) is 10.3. The molecule has 0 aliphatic heterocycles. The molecule has 0 amide bonds. The Kier molecular flexibility index (Phi) is 6.02. The first kappa shape index (κ1) is 15.8. The zero-order chi connectivity index (χ0) is 15.1. The van der Waals surface area contributed by atoms with Crippen LogP contribution in [0.3, 0.4) is 0 Å². The lowest BCUT2D eigenvalue weighted by Crippen LogP contribution is -2.27. The lowest BCUT2D eigenvalue weighted by molar-refractivity contribution is 0.199. The van der Waals surface area contributed by atoms with Crippen molar-refractivity contribution in [3.63, 3.8) is 0 Å². The minimum atomic E-state index is 0.721. The largest absolute Gasteiger partial charge is 0.383 e. The number of imidazole rings is 1. The van der Waals surface area contributed by atoms with Crippen LogP contribution in [0.1, 0.15) is 26.0 Å². The topological polar surface area (TPSA) is 41.8 Å². The molecule has 0 aromatic carbocycles. The van der Waals surface area contributed by atoms with Gasteiger partial charge in [0.2, 0.25) is 0 Å². The summed E-state index contributed by atoms with van der Waals surface area (Å²) in [4.78, 5) is 7.17. The first-order valence-corrected chi connectivity index (χ1v) is 7.72. The van der Waals surface area contributed by atoms with Gasteiger partial charge in [0.15, 0.2) is 5.82 Å². The maximum atomic E-state index is 5.09. The van der Waals surface area contributed by atoms with Crippen LogP contribution >= 0.6 is 0 Å². The summed E-state index contributed by atoms with van der Waals surface area (Å²) >= 11 is 0. The molecule has 21 heavy (non-hydrogen) atoms. The van der Waals surface area contributed by atoms with Crippen LogP contribution in [-0.2, 0) is 11.3 Å². The summed E-state index contributed by atoms with van der Waals surface area (Å²) in [5.41, 5.74) is 2.22. The summed E-state index contributed by atoms with van der Waals surface area (Å²) in [6.07, 6.45) is 3.21. The predicted molar refractivity (Wildman–Crippen MR) is 87.0 cm³/mol. The summed E-state index contributed by atoms with van der Waals surface area (Å²) in [7, 11) is 1.72. The first-order valence-electron chi connectivity index (χ1n) is 7.72. The Hall–Kier alpha value is -1.59. The summed E-state index contributed by atoms with van der Waals surface area (Å²) in [5.74, 6) is 1.09. The molecular formula is C16H26N4O. The lowest BCUT2D eigenvalue weighted by Gasteiger charge is -2.21. The standard InChI is InChI=1S/C16H26N4O/c1-4-10-19(5-2)16-14(13-17-9-12-21-3)20-11-7-6-8-15(20)18-16/h6-8,11,17H,4-5,9-10,12-13H2,1-3H3. The Morgan fingerprint density at radius 3 is 2.90 bits per heavy atom. The van der Waals surface area contributed by atoms with Crippen molar-refractivity contribution in [3.8, 4) is 0 Å². The predicted octanol–water partition coefficient (Wildman–Crippen LogP) is 2.31. The van der Waals surface area contributed by atoms with Crippen LogP contribution in [0.5, 0.6) is 0 Å². The van der Waals surface area contributed by atoms with Gasteiger partial charge in [0.25, 0.3) is 0 Å².